The maximum absolute atomic E-state index is 5.99. The second kappa shape index (κ2) is 6.10. The van der Waals surface area contributed by atoms with Gasteiger partial charge in [-0.2, -0.15) is 0 Å². The topological polar surface area (TPSA) is 30.7 Å². The predicted molar refractivity (Wildman–Crippen MR) is 81.1 cm³/mol. The van der Waals surface area contributed by atoms with Gasteiger partial charge in [-0.25, -0.2) is 9.97 Å². The Labute approximate surface area is 123 Å². The summed E-state index contributed by atoms with van der Waals surface area (Å²) in [6.45, 7) is 6.66. The van der Waals surface area contributed by atoms with Crippen molar-refractivity contribution in [1.82, 2.24) is 14.5 Å². The first-order chi connectivity index (χ1) is 9.08. The number of rotatable bonds is 5. The number of hydrogen-bond donors (Lipinski definition) is 0. The molecule has 0 aromatic carbocycles. The van der Waals surface area contributed by atoms with Gasteiger partial charge in [-0.05, 0) is 18.9 Å². The highest BCUT2D eigenvalue weighted by atomic mass is 35.5. The number of alkyl halides is 1. The van der Waals surface area contributed by atoms with E-state index < -0.39 is 0 Å². The molecule has 2 aromatic rings. The van der Waals surface area contributed by atoms with E-state index in [2.05, 4.69) is 35.3 Å². The van der Waals surface area contributed by atoms with E-state index in [0.29, 0.717) is 22.9 Å². The molecular formula is C14H19Cl2N3. The molecule has 0 spiro atoms. The van der Waals surface area contributed by atoms with E-state index in [9.17, 15) is 0 Å². The molecule has 2 atom stereocenters. The van der Waals surface area contributed by atoms with Crippen LogP contribution in [0.3, 0.4) is 0 Å². The van der Waals surface area contributed by atoms with Gasteiger partial charge in [-0.3, -0.25) is 0 Å². The second-order valence-electron chi connectivity index (χ2n) is 4.96. The Bertz CT molecular complexity index is 565. The van der Waals surface area contributed by atoms with Gasteiger partial charge in [0.25, 0.3) is 0 Å². The van der Waals surface area contributed by atoms with Gasteiger partial charge in [-0.15, -0.1) is 11.6 Å². The molecule has 0 bridgehead atoms. The molecule has 0 amide bonds. The molecule has 0 saturated carbocycles. The highest BCUT2D eigenvalue weighted by Crippen LogP contribution is 2.28. The maximum Gasteiger partial charge on any atom is 0.160 e. The molecule has 0 aliphatic heterocycles. The Kier molecular flexibility index (Phi) is 4.69. The number of aromatic nitrogens is 3. The molecule has 0 radical (unpaired) electrons. The molecule has 104 valence electrons. The first-order valence-electron chi connectivity index (χ1n) is 6.66. The fraction of sp³-hybridized carbons (Fsp3) is 0.571. The predicted octanol–water partition coefficient (Wildman–Crippen LogP) is 4.47. The minimum Gasteiger partial charge on any atom is -0.310 e. The number of halogens is 2. The zero-order valence-electron chi connectivity index (χ0n) is 11.5. The van der Waals surface area contributed by atoms with Crippen LogP contribution in [-0.2, 0) is 6.42 Å². The molecular weight excluding hydrogens is 281 g/mol. The lowest BCUT2D eigenvalue weighted by Gasteiger charge is -2.22. The van der Waals surface area contributed by atoms with Crippen LogP contribution >= 0.6 is 23.2 Å². The van der Waals surface area contributed by atoms with Gasteiger partial charge in [0.1, 0.15) is 11.3 Å². The van der Waals surface area contributed by atoms with Gasteiger partial charge in [0.05, 0.1) is 5.02 Å². The minimum absolute atomic E-state index is 0.349. The summed E-state index contributed by atoms with van der Waals surface area (Å²) in [5.74, 6) is 2.11. The summed E-state index contributed by atoms with van der Waals surface area (Å²) < 4.78 is 2.21. The molecule has 0 aliphatic rings. The number of imidazole rings is 1. The Hall–Kier alpha value is -0.800. The monoisotopic (exact) mass is 299 g/mol. The van der Waals surface area contributed by atoms with Crippen molar-refractivity contribution in [3.63, 3.8) is 0 Å². The summed E-state index contributed by atoms with van der Waals surface area (Å²) in [5, 5.41) is 0.616. The maximum atomic E-state index is 5.99. The van der Waals surface area contributed by atoms with Crippen molar-refractivity contribution in [3.8, 4) is 0 Å². The van der Waals surface area contributed by atoms with Gasteiger partial charge in [0, 0.05) is 24.5 Å². The number of nitrogens with zero attached hydrogens (tertiary/aromatic N) is 3. The number of pyridine rings is 1. The van der Waals surface area contributed by atoms with E-state index in [1.165, 1.54) is 0 Å². The highest BCUT2D eigenvalue weighted by molar-refractivity contribution is 6.31. The van der Waals surface area contributed by atoms with E-state index in [4.69, 9.17) is 23.2 Å². The number of hydrogen-bond acceptors (Lipinski definition) is 2. The van der Waals surface area contributed by atoms with Crippen molar-refractivity contribution in [3.05, 3.63) is 23.1 Å². The van der Waals surface area contributed by atoms with Crippen molar-refractivity contribution >= 4 is 34.4 Å². The average Bonchev–Trinajstić information content (AvgIpc) is 2.74. The molecule has 5 heteroatoms. The molecule has 0 fully saturated rings. The quantitative estimate of drug-likeness (QED) is 0.763. The normalized spacial score (nSPS) is 14.8. The average molecular weight is 300 g/mol. The molecule has 3 nitrogen and oxygen atoms in total. The number of aryl methyl sites for hydroxylation is 1. The van der Waals surface area contributed by atoms with Crippen LogP contribution in [0.4, 0.5) is 0 Å². The van der Waals surface area contributed by atoms with E-state index in [1.807, 2.05) is 6.07 Å². The Morgan fingerprint density at radius 2 is 2.11 bits per heavy atom. The summed E-state index contributed by atoms with van der Waals surface area (Å²) in [6.07, 6.45) is 3.54. The fourth-order valence-electron chi connectivity index (χ4n) is 2.29. The zero-order chi connectivity index (χ0) is 14.0. The Balaban J connectivity index is 2.57. The Morgan fingerprint density at radius 3 is 2.74 bits per heavy atom. The standard InChI is InChI=1S/C14H19Cl2N3/c1-4-9(2)10(3)19-13(5-6-15)18-12-7-11(16)8-17-14(12)19/h7-10H,4-6H2,1-3H3. The molecule has 2 unspecified atom stereocenters. The van der Waals surface area contributed by atoms with Crippen LogP contribution in [0.25, 0.3) is 11.2 Å². The molecule has 2 heterocycles. The SMILES string of the molecule is CCC(C)C(C)n1c(CCCl)nc2cc(Cl)cnc21. The van der Waals surface area contributed by atoms with E-state index in [-0.39, 0.29) is 0 Å². The minimum atomic E-state index is 0.349. The van der Waals surface area contributed by atoms with Gasteiger partial charge in [0.15, 0.2) is 5.65 Å². The smallest absolute Gasteiger partial charge is 0.160 e. The van der Waals surface area contributed by atoms with Gasteiger partial charge >= 0.3 is 0 Å². The number of fused-ring (bicyclic) bond motifs is 1. The van der Waals surface area contributed by atoms with Gasteiger partial charge in [0.2, 0.25) is 0 Å². The molecule has 0 aliphatic carbocycles. The van der Waals surface area contributed by atoms with Gasteiger partial charge in [-0.1, -0.05) is 31.9 Å². The fourth-order valence-corrected chi connectivity index (χ4v) is 2.61. The van der Waals surface area contributed by atoms with Crippen LogP contribution in [0.15, 0.2) is 12.3 Å². The summed E-state index contributed by atoms with van der Waals surface area (Å²) in [5.41, 5.74) is 1.75. The lowest BCUT2D eigenvalue weighted by atomic mass is 10.0. The molecule has 0 saturated heterocycles. The third-order valence-electron chi connectivity index (χ3n) is 3.76. The van der Waals surface area contributed by atoms with Gasteiger partial charge < -0.3 is 4.57 Å². The summed E-state index contributed by atoms with van der Waals surface area (Å²) in [7, 11) is 0. The molecule has 2 rings (SSSR count). The Morgan fingerprint density at radius 1 is 1.37 bits per heavy atom. The van der Waals surface area contributed by atoms with Crippen molar-refractivity contribution in [2.24, 2.45) is 5.92 Å². The van der Waals surface area contributed by atoms with Crippen LogP contribution in [0.2, 0.25) is 5.02 Å². The van der Waals surface area contributed by atoms with Crippen LogP contribution in [0, 0.1) is 5.92 Å². The highest BCUT2D eigenvalue weighted by Gasteiger charge is 2.20. The first kappa shape index (κ1) is 14.6. The van der Waals surface area contributed by atoms with Crippen LogP contribution in [0.1, 0.15) is 39.1 Å². The summed E-state index contributed by atoms with van der Waals surface area (Å²) in [6, 6.07) is 2.21. The largest absolute Gasteiger partial charge is 0.310 e. The summed E-state index contributed by atoms with van der Waals surface area (Å²) in [4.78, 5) is 9.08. The zero-order valence-corrected chi connectivity index (χ0v) is 13.0. The second-order valence-corrected chi connectivity index (χ2v) is 5.77. The van der Waals surface area contributed by atoms with Crippen LogP contribution < -0.4 is 0 Å². The van der Waals surface area contributed by atoms with Crippen molar-refractivity contribution in [2.45, 2.75) is 39.7 Å². The third-order valence-corrected chi connectivity index (χ3v) is 4.16. The van der Waals surface area contributed by atoms with Crippen molar-refractivity contribution in [2.75, 3.05) is 5.88 Å². The summed E-state index contributed by atoms with van der Waals surface area (Å²) >= 11 is 11.9. The van der Waals surface area contributed by atoms with E-state index >= 15 is 0 Å². The molecule has 2 aromatic heterocycles. The molecule has 0 N–H and O–H groups in total. The lowest BCUT2D eigenvalue weighted by Crippen LogP contribution is -2.17. The van der Waals surface area contributed by atoms with Crippen molar-refractivity contribution in [1.29, 1.82) is 0 Å². The lowest BCUT2D eigenvalue weighted by molar-refractivity contribution is 0.368. The van der Waals surface area contributed by atoms with Crippen LogP contribution in [-0.4, -0.2) is 20.4 Å². The van der Waals surface area contributed by atoms with E-state index in [0.717, 1.165) is 29.8 Å². The third kappa shape index (κ3) is 2.87. The van der Waals surface area contributed by atoms with E-state index in [1.54, 1.807) is 6.20 Å². The molecule has 19 heavy (non-hydrogen) atoms. The van der Waals surface area contributed by atoms with Crippen LogP contribution in [0.5, 0.6) is 0 Å². The first-order valence-corrected chi connectivity index (χ1v) is 7.58. The van der Waals surface area contributed by atoms with Crippen molar-refractivity contribution < 1.29 is 0 Å².